The third kappa shape index (κ3) is 3.47. The molecule has 1 fully saturated rings. The Balaban J connectivity index is 2.14. The summed E-state index contributed by atoms with van der Waals surface area (Å²) in [6.07, 6.45) is 11.0. The summed E-state index contributed by atoms with van der Waals surface area (Å²) in [7, 11) is 0. The van der Waals surface area contributed by atoms with E-state index in [0.29, 0.717) is 5.92 Å². The van der Waals surface area contributed by atoms with E-state index in [2.05, 4.69) is 17.7 Å². The molecular formula is C15H27N3S. The maximum Gasteiger partial charge on any atom is 0.126 e. The third-order valence-electron chi connectivity index (χ3n) is 4.16. The van der Waals surface area contributed by atoms with Gasteiger partial charge in [-0.05, 0) is 44.6 Å². The summed E-state index contributed by atoms with van der Waals surface area (Å²) in [5.41, 5.74) is 7.43. The first-order valence-corrected chi connectivity index (χ1v) is 9.01. The quantitative estimate of drug-likeness (QED) is 0.806. The van der Waals surface area contributed by atoms with Crippen molar-refractivity contribution in [1.82, 2.24) is 9.55 Å². The molecule has 1 aromatic rings. The Hall–Kier alpha value is -0.640. The minimum atomic E-state index is 0.644. The van der Waals surface area contributed by atoms with Crippen molar-refractivity contribution in [1.29, 1.82) is 0 Å². The molecule has 1 heterocycles. The normalized spacial score (nSPS) is 16.9. The van der Waals surface area contributed by atoms with Crippen LogP contribution in [0.5, 0.6) is 0 Å². The van der Waals surface area contributed by atoms with Crippen LogP contribution >= 0.6 is 11.8 Å². The number of hydrogen-bond acceptors (Lipinski definition) is 3. The van der Waals surface area contributed by atoms with Crippen molar-refractivity contribution in [3.63, 3.8) is 0 Å². The summed E-state index contributed by atoms with van der Waals surface area (Å²) in [6, 6.07) is 0. The molecule has 1 aliphatic carbocycles. The Morgan fingerprint density at radius 3 is 2.68 bits per heavy atom. The predicted octanol–water partition coefficient (Wildman–Crippen LogP) is 3.83. The van der Waals surface area contributed by atoms with E-state index in [1.54, 1.807) is 0 Å². The van der Waals surface area contributed by atoms with Gasteiger partial charge >= 0.3 is 0 Å². The summed E-state index contributed by atoms with van der Waals surface area (Å²) in [5.74, 6) is 4.02. The van der Waals surface area contributed by atoms with Crippen molar-refractivity contribution < 1.29 is 0 Å². The van der Waals surface area contributed by atoms with Crippen molar-refractivity contribution in [3.05, 3.63) is 11.5 Å². The smallest absolute Gasteiger partial charge is 0.126 e. The van der Waals surface area contributed by atoms with Crippen molar-refractivity contribution in [2.75, 3.05) is 17.7 Å². The van der Waals surface area contributed by atoms with Crippen LogP contribution in [0.3, 0.4) is 0 Å². The van der Waals surface area contributed by atoms with E-state index in [1.165, 1.54) is 50.1 Å². The van der Waals surface area contributed by atoms with Crippen molar-refractivity contribution in [2.24, 2.45) is 0 Å². The Morgan fingerprint density at radius 2 is 2.05 bits per heavy atom. The molecule has 0 radical (unpaired) electrons. The fourth-order valence-electron chi connectivity index (χ4n) is 3.11. The number of anilines is 1. The SMILES string of the molecule is CCn1c(C2CCCCC2)nc(CCCSC)c1N. The summed E-state index contributed by atoms with van der Waals surface area (Å²) < 4.78 is 2.25. The lowest BCUT2D eigenvalue weighted by Gasteiger charge is -2.21. The molecule has 2 N–H and O–H groups in total. The maximum atomic E-state index is 6.30. The standard InChI is InChI=1S/C15H27N3S/c1-3-18-14(16)13(10-7-11-19-2)17-15(18)12-8-5-4-6-9-12/h12H,3-11,16H2,1-2H3. The highest BCUT2D eigenvalue weighted by Gasteiger charge is 2.23. The lowest BCUT2D eigenvalue weighted by molar-refractivity contribution is 0.417. The van der Waals surface area contributed by atoms with Crippen LogP contribution in [0, 0.1) is 0 Å². The van der Waals surface area contributed by atoms with Crippen molar-refractivity contribution >= 4 is 17.6 Å². The molecular weight excluding hydrogens is 254 g/mol. The molecule has 108 valence electrons. The summed E-state index contributed by atoms with van der Waals surface area (Å²) in [6.45, 7) is 3.13. The van der Waals surface area contributed by atoms with Gasteiger partial charge in [0.2, 0.25) is 0 Å². The second-order valence-electron chi connectivity index (χ2n) is 5.48. The molecule has 0 saturated heterocycles. The monoisotopic (exact) mass is 281 g/mol. The van der Waals surface area contributed by atoms with Gasteiger partial charge in [0, 0.05) is 12.5 Å². The van der Waals surface area contributed by atoms with Gasteiger partial charge in [-0.1, -0.05) is 19.3 Å². The van der Waals surface area contributed by atoms with Crippen LogP contribution in [0.2, 0.25) is 0 Å². The number of rotatable bonds is 6. The first-order valence-electron chi connectivity index (χ1n) is 7.61. The van der Waals surface area contributed by atoms with E-state index >= 15 is 0 Å². The van der Waals surface area contributed by atoms with Crippen LogP contribution in [0.25, 0.3) is 0 Å². The molecule has 0 aromatic carbocycles. The zero-order chi connectivity index (χ0) is 13.7. The molecule has 1 aliphatic rings. The Labute approximate surface area is 121 Å². The van der Waals surface area contributed by atoms with E-state index in [1.807, 2.05) is 11.8 Å². The van der Waals surface area contributed by atoms with Gasteiger partial charge in [-0.25, -0.2) is 4.98 Å². The van der Waals surface area contributed by atoms with E-state index < -0.39 is 0 Å². The van der Waals surface area contributed by atoms with E-state index in [4.69, 9.17) is 10.7 Å². The van der Waals surface area contributed by atoms with Crippen molar-refractivity contribution in [3.8, 4) is 0 Å². The van der Waals surface area contributed by atoms with Crippen LogP contribution in [0.15, 0.2) is 0 Å². The van der Waals surface area contributed by atoms with Gasteiger partial charge in [0.25, 0.3) is 0 Å². The van der Waals surface area contributed by atoms with Gasteiger partial charge in [0.1, 0.15) is 11.6 Å². The van der Waals surface area contributed by atoms with Gasteiger partial charge in [0.05, 0.1) is 5.69 Å². The molecule has 0 amide bonds. The second kappa shape index (κ2) is 7.22. The summed E-state index contributed by atoms with van der Waals surface area (Å²) in [4.78, 5) is 4.90. The number of nitrogen functional groups attached to an aromatic ring is 1. The minimum Gasteiger partial charge on any atom is -0.384 e. The van der Waals surface area contributed by atoms with Crippen molar-refractivity contribution in [2.45, 2.75) is 64.3 Å². The van der Waals surface area contributed by atoms with Gasteiger partial charge in [-0.2, -0.15) is 11.8 Å². The molecule has 0 unspecified atom stereocenters. The molecule has 19 heavy (non-hydrogen) atoms. The fourth-order valence-corrected chi connectivity index (χ4v) is 3.54. The van der Waals surface area contributed by atoms with E-state index in [-0.39, 0.29) is 0 Å². The Kier molecular flexibility index (Phi) is 5.61. The third-order valence-corrected chi connectivity index (χ3v) is 4.86. The number of nitrogens with two attached hydrogens (primary N) is 1. The molecule has 2 rings (SSSR count). The first kappa shape index (κ1) is 14.8. The number of nitrogens with zero attached hydrogens (tertiary/aromatic N) is 2. The van der Waals surface area contributed by atoms with Crippen LogP contribution in [0.4, 0.5) is 5.82 Å². The fraction of sp³-hybridized carbons (Fsp3) is 0.800. The Bertz CT molecular complexity index is 394. The molecule has 1 saturated carbocycles. The molecule has 4 heteroatoms. The summed E-state index contributed by atoms with van der Waals surface area (Å²) >= 11 is 1.90. The number of aromatic nitrogens is 2. The average Bonchev–Trinajstić information content (AvgIpc) is 2.77. The van der Waals surface area contributed by atoms with Crippen LogP contribution < -0.4 is 5.73 Å². The molecule has 0 aliphatic heterocycles. The van der Waals surface area contributed by atoms with Crippen LogP contribution in [-0.4, -0.2) is 21.6 Å². The highest BCUT2D eigenvalue weighted by Crippen LogP contribution is 2.34. The zero-order valence-corrected chi connectivity index (χ0v) is 13.1. The molecule has 0 spiro atoms. The molecule has 3 nitrogen and oxygen atoms in total. The van der Waals surface area contributed by atoms with Crippen LogP contribution in [-0.2, 0) is 13.0 Å². The van der Waals surface area contributed by atoms with Gasteiger partial charge in [-0.3, -0.25) is 0 Å². The van der Waals surface area contributed by atoms with Gasteiger partial charge in [0.15, 0.2) is 0 Å². The van der Waals surface area contributed by atoms with Crippen LogP contribution in [0.1, 0.15) is 62.9 Å². The second-order valence-corrected chi connectivity index (χ2v) is 6.46. The minimum absolute atomic E-state index is 0.644. The molecule has 0 bridgehead atoms. The van der Waals surface area contributed by atoms with E-state index in [0.717, 1.165) is 24.5 Å². The maximum absolute atomic E-state index is 6.30. The largest absolute Gasteiger partial charge is 0.384 e. The summed E-state index contributed by atoms with van der Waals surface area (Å²) in [5, 5.41) is 0. The zero-order valence-electron chi connectivity index (χ0n) is 12.3. The molecule has 0 atom stereocenters. The lowest BCUT2D eigenvalue weighted by Crippen LogP contribution is -2.12. The van der Waals surface area contributed by atoms with E-state index in [9.17, 15) is 0 Å². The lowest BCUT2D eigenvalue weighted by atomic mass is 9.88. The number of thioether (sulfide) groups is 1. The number of imidazole rings is 1. The highest BCUT2D eigenvalue weighted by atomic mass is 32.2. The topological polar surface area (TPSA) is 43.8 Å². The molecule has 1 aromatic heterocycles. The first-order chi connectivity index (χ1) is 9.27. The number of hydrogen-bond donors (Lipinski definition) is 1. The van der Waals surface area contributed by atoms with Gasteiger partial charge < -0.3 is 10.3 Å². The highest BCUT2D eigenvalue weighted by molar-refractivity contribution is 7.98. The average molecular weight is 281 g/mol. The number of aryl methyl sites for hydroxylation is 1. The van der Waals surface area contributed by atoms with Gasteiger partial charge in [-0.15, -0.1) is 0 Å². The predicted molar refractivity (Wildman–Crippen MR) is 84.8 cm³/mol. The Morgan fingerprint density at radius 1 is 1.32 bits per heavy atom.